The third-order valence-electron chi connectivity index (χ3n) is 5.06. The van der Waals surface area contributed by atoms with Crippen LogP contribution in [0.5, 0.6) is 0 Å². The molecule has 1 aromatic carbocycles. The fourth-order valence-electron chi connectivity index (χ4n) is 2.85. The highest BCUT2D eigenvalue weighted by Crippen LogP contribution is 2.37. The predicted molar refractivity (Wildman–Crippen MR) is 105 cm³/mol. The van der Waals surface area contributed by atoms with Crippen LogP contribution in [0, 0.1) is 5.82 Å². The Morgan fingerprint density at radius 3 is 2.21 bits per heavy atom. The molecule has 0 spiro atoms. The second-order valence-electron chi connectivity index (χ2n) is 9.15. The zero-order chi connectivity index (χ0) is 22.2. The molecule has 1 aliphatic rings. The van der Waals surface area contributed by atoms with Crippen molar-refractivity contribution in [2.45, 2.75) is 84.7 Å². The van der Waals surface area contributed by atoms with E-state index in [-0.39, 0.29) is 23.1 Å². The van der Waals surface area contributed by atoms with Crippen molar-refractivity contribution in [1.82, 2.24) is 5.32 Å². The van der Waals surface area contributed by atoms with E-state index in [1.807, 2.05) is 27.7 Å². The summed E-state index contributed by atoms with van der Waals surface area (Å²) >= 11 is 0. The van der Waals surface area contributed by atoms with Gasteiger partial charge in [0.25, 0.3) is 0 Å². The minimum atomic E-state index is -2.75. The van der Waals surface area contributed by atoms with Gasteiger partial charge in [-0.25, -0.2) is 18.0 Å². The zero-order valence-corrected chi connectivity index (χ0v) is 18.0. The van der Waals surface area contributed by atoms with E-state index in [4.69, 9.17) is 14.0 Å². The van der Waals surface area contributed by atoms with E-state index in [9.17, 15) is 13.6 Å². The average molecular weight is 415 g/mol. The van der Waals surface area contributed by atoms with Gasteiger partial charge in [-0.2, -0.15) is 0 Å². The van der Waals surface area contributed by atoms with E-state index in [2.05, 4.69) is 5.32 Å². The number of rotatable bonds is 5. The van der Waals surface area contributed by atoms with Crippen LogP contribution in [0.2, 0.25) is 0 Å². The molecule has 2 rings (SSSR count). The number of amides is 1. The monoisotopic (exact) mass is 415 g/mol. The first-order valence-corrected chi connectivity index (χ1v) is 9.54. The Hall–Kier alpha value is -1.74. The van der Waals surface area contributed by atoms with E-state index in [1.54, 1.807) is 20.8 Å². The maximum absolute atomic E-state index is 15.2. The molecule has 29 heavy (non-hydrogen) atoms. The molecule has 1 heterocycles. The normalized spacial score (nSPS) is 18.2. The molecule has 0 bridgehead atoms. The molecule has 0 saturated carbocycles. The molecule has 0 aromatic heterocycles. The number of carbonyl (C=O) groups is 1. The van der Waals surface area contributed by atoms with Crippen LogP contribution < -0.4 is 10.8 Å². The first-order chi connectivity index (χ1) is 13.1. The summed E-state index contributed by atoms with van der Waals surface area (Å²) in [5, 5.41) is 2.48. The number of hydrogen-bond acceptors (Lipinski definition) is 4. The lowest BCUT2D eigenvalue weighted by Gasteiger charge is -2.32. The molecule has 1 fully saturated rings. The summed E-state index contributed by atoms with van der Waals surface area (Å²) in [5.74, 6) is -0.813. The maximum Gasteiger partial charge on any atom is 0.497 e. The Labute approximate surface area is 170 Å². The Bertz CT molecular complexity index is 747. The van der Waals surface area contributed by atoms with Crippen molar-refractivity contribution in [1.29, 1.82) is 0 Å². The Morgan fingerprint density at radius 2 is 1.72 bits per heavy atom. The van der Waals surface area contributed by atoms with Crippen LogP contribution in [-0.2, 0) is 27.0 Å². The third kappa shape index (κ3) is 5.66. The smallest absolute Gasteiger partial charge is 0.444 e. The Kier molecular flexibility index (Phi) is 6.64. The Morgan fingerprint density at radius 1 is 1.17 bits per heavy atom. The molecule has 162 valence electrons. The number of nitrogens with one attached hydrogen (secondary N) is 1. The number of alkyl halides is 2. The summed E-state index contributed by atoms with van der Waals surface area (Å²) in [5.41, 5.74) is -1.96. The van der Waals surface area contributed by atoms with Gasteiger partial charge in [0.1, 0.15) is 11.4 Å². The largest absolute Gasteiger partial charge is 0.497 e. The van der Waals surface area contributed by atoms with Gasteiger partial charge in [-0.1, -0.05) is 12.1 Å². The molecule has 1 amide bonds. The van der Waals surface area contributed by atoms with E-state index < -0.39 is 48.7 Å². The summed E-state index contributed by atoms with van der Waals surface area (Å²) in [7, 11) is -1.01. The number of ether oxygens (including phenoxy) is 1. The second kappa shape index (κ2) is 8.18. The van der Waals surface area contributed by atoms with Crippen LogP contribution in [-0.4, -0.2) is 36.4 Å². The quantitative estimate of drug-likeness (QED) is 0.740. The molecule has 1 aromatic rings. The van der Waals surface area contributed by atoms with Gasteiger partial charge < -0.3 is 19.4 Å². The van der Waals surface area contributed by atoms with Gasteiger partial charge in [0.2, 0.25) is 6.43 Å². The van der Waals surface area contributed by atoms with Crippen LogP contribution >= 0.6 is 0 Å². The molecule has 1 aliphatic heterocycles. The number of alkyl carbamates (subject to hydrolysis) is 1. The fourth-order valence-corrected chi connectivity index (χ4v) is 2.85. The van der Waals surface area contributed by atoms with Crippen molar-refractivity contribution in [3.05, 3.63) is 29.1 Å². The third-order valence-corrected chi connectivity index (χ3v) is 5.06. The summed E-state index contributed by atoms with van der Waals surface area (Å²) in [6, 6.07) is 2.94. The van der Waals surface area contributed by atoms with Gasteiger partial charge >= 0.3 is 13.2 Å². The van der Waals surface area contributed by atoms with Crippen LogP contribution in [0.3, 0.4) is 0 Å². The number of hydrogen-bond donors (Lipinski definition) is 1. The lowest BCUT2D eigenvalue weighted by atomic mass is 9.76. The minimum absolute atomic E-state index is 0.0559. The van der Waals surface area contributed by atoms with Crippen molar-refractivity contribution < 1.29 is 32.0 Å². The molecule has 0 radical (unpaired) electrons. The highest BCUT2D eigenvalue weighted by Gasteiger charge is 2.52. The van der Waals surface area contributed by atoms with Crippen molar-refractivity contribution in [3.8, 4) is 0 Å². The van der Waals surface area contributed by atoms with Crippen molar-refractivity contribution in [2.75, 3.05) is 0 Å². The summed E-state index contributed by atoms with van der Waals surface area (Å²) in [6.07, 6.45) is -4.25. The highest BCUT2D eigenvalue weighted by atomic mass is 19.3. The fraction of sp³-hybridized carbons (Fsp3) is 0.650. The predicted octanol–water partition coefficient (Wildman–Crippen LogP) is 3.96. The van der Waals surface area contributed by atoms with Gasteiger partial charge in [-0.15, -0.1) is 0 Å². The standard InChI is InChI=1S/C20H29BF3NO4/c1-18(2,3)27-17(26)25-11-12-8-9-14(16(24)13(12)10-15(22)23)21-28-19(4,5)20(6,7)29-21/h8-9,15H,10-11H2,1-7H3,(H,25,26). The van der Waals surface area contributed by atoms with Gasteiger partial charge in [0.15, 0.2) is 0 Å². The van der Waals surface area contributed by atoms with Crippen molar-refractivity contribution >= 4 is 18.7 Å². The summed E-state index contributed by atoms with van der Waals surface area (Å²) in [6.45, 7) is 12.3. The van der Waals surface area contributed by atoms with Crippen molar-refractivity contribution in [2.24, 2.45) is 0 Å². The van der Waals surface area contributed by atoms with Gasteiger partial charge in [0.05, 0.1) is 11.2 Å². The van der Waals surface area contributed by atoms with Crippen molar-refractivity contribution in [3.63, 3.8) is 0 Å². The molecule has 0 unspecified atom stereocenters. The summed E-state index contributed by atoms with van der Waals surface area (Å²) < 4.78 is 58.3. The molecule has 9 heteroatoms. The number of carbonyl (C=O) groups excluding carboxylic acids is 1. The van der Waals surface area contributed by atoms with Crippen LogP contribution in [0.4, 0.5) is 18.0 Å². The van der Waals surface area contributed by atoms with Crippen LogP contribution in [0.25, 0.3) is 0 Å². The van der Waals surface area contributed by atoms with Gasteiger partial charge in [0, 0.05) is 18.4 Å². The number of benzene rings is 1. The molecular weight excluding hydrogens is 386 g/mol. The molecule has 5 nitrogen and oxygen atoms in total. The minimum Gasteiger partial charge on any atom is -0.444 e. The second-order valence-corrected chi connectivity index (χ2v) is 9.15. The first-order valence-electron chi connectivity index (χ1n) is 9.54. The SMILES string of the molecule is CC(C)(C)OC(=O)NCc1ccc(B2OC(C)(C)C(C)(C)O2)c(F)c1CC(F)F. The average Bonchev–Trinajstić information content (AvgIpc) is 2.73. The molecule has 1 N–H and O–H groups in total. The summed E-state index contributed by atoms with van der Waals surface area (Å²) in [4.78, 5) is 11.9. The lowest BCUT2D eigenvalue weighted by Crippen LogP contribution is -2.41. The van der Waals surface area contributed by atoms with E-state index in [1.165, 1.54) is 12.1 Å². The first kappa shape index (κ1) is 23.5. The van der Waals surface area contributed by atoms with E-state index in [0.29, 0.717) is 0 Å². The van der Waals surface area contributed by atoms with Gasteiger partial charge in [-0.3, -0.25) is 0 Å². The van der Waals surface area contributed by atoms with Crippen LogP contribution in [0.15, 0.2) is 12.1 Å². The van der Waals surface area contributed by atoms with Gasteiger partial charge in [-0.05, 0) is 59.6 Å². The topological polar surface area (TPSA) is 56.8 Å². The van der Waals surface area contributed by atoms with E-state index >= 15 is 4.39 Å². The lowest BCUT2D eigenvalue weighted by molar-refractivity contribution is 0.00578. The maximum atomic E-state index is 15.2. The van der Waals surface area contributed by atoms with Crippen LogP contribution in [0.1, 0.15) is 59.6 Å². The molecule has 0 aliphatic carbocycles. The molecule has 1 saturated heterocycles. The number of halogens is 3. The molecule has 0 atom stereocenters. The Balaban J connectivity index is 2.29. The van der Waals surface area contributed by atoms with E-state index in [0.717, 1.165) is 0 Å². The zero-order valence-electron chi connectivity index (χ0n) is 18.0. The molecular formula is C20H29BF3NO4. The highest BCUT2D eigenvalue weighted by molar-refractivity contribution is 6.62.